The highest BCUT2D eigenvalue weighted by Gasteiger charge is 2.43. The molecule has 130 valence electrons. The third-order valence-corrected chi connectivity index (χ3v) is 5.00. The number of hydrogen-bond donors (Lipinski definition) is 0. The summed E-state index contributed by atoms with van der Waals surface area (Å²) < 4.78 is 19.7. The Kier molecular flexibility index (Phi) is 4.51. The van der Waals surface area contributed by atoms with Gasteiger partial charge >= 0.3 is 0 Å². The van der Waals surface area contributed by atoms with Crippen LogP contribution in [0.3, 0.4) is 0 Å². The second-order valence-corrected chi connectivity index (χ2v) is 6.71. The number of nitrogens with zero attached hydrogens (tertiary/aromatic N) is 2. The van der Waals surface area contributed by atoms with Crippen molar-refractivity contribution in [3.8, 4) is 0 Å². The van der Waals surface area contributed by atoms with Crippen LogP contribution in [0.25, 0.3) is 0 Å². The quantitative estimate of drug-likeness (QED) is 0.857. The van der Waals surface area contributed by atoms with Crippen LogP contribution in [-0.2, 0) is 22.6 Å². The lowest BCUT2D eigenvalue weighted by Gasteiger charge is -2.36. The fraction of sp³-hybridized carbons (Fsp3) is 0.350. The zero-order valence-electron chi connectivity index (χ0n) is 14.0. The molecule has 2 unspecified atom stereocenters. The van der Waals surface area contributed by atoms with Crippen molar-refractivity contribution in [3.63, 3.8) is 0 Å². The Morgan fingerprint density at radius 3 is 2.56 bits per heavy atom. The molecule has 25 heavy (non-hydrogen) atoms. The number of amides is 1. The van der Waals surface area contributed by atoms with Crippen molar-refractivity contribution in [3.05, 3.63) is 71.5 Å². The van der Waals surface area contributed by atoms with Crippen LogP contribution in [0.5, 0.6) is 0 Å². The highest BCUT2D eigenvalue weighted by Crippen LogP contribution is 2.26. The van der Waals surface area contributed by atoms with Gasteiger partial charge in [0.25, 0.3) is 0 Å². The molecule has 2 aliphatic rings. The number of hydrogen-bond acceptors (Lipinski definition) is 3. The van der Waals surface area contributed by atoms with E-state index >= 15 is 0 Å². The second-order valence-electron chi connectivity index (χ2n) is 6.71. The number of ether oxygens (including phenoxy) is 1. The Morgan fingerprint density at radius 1 is 1.00 bits per heavy atom. The summed E-state index contributed by atoms with van der Waals surface area (Å²) in [5.41, 5.74) is 1.80. The van der Waals surface area contributed by atoms with Gasteiger partial charge in [0.05, 0.1) is 12.1 Å². The van der Waals surface area contributed by atoms with Gasteiger partial charge in [-0.05, 0) is 11.6 Å². The molecule has 0 aliphatic carbocycles. The highest BCUT2D eigenvalue weighted by atomic mass is 19.1. The van der Waals surface area contributed by atoms with Gasteiger partial charge in [0, 0.05) is 31.7 Å². The van der Waals surface area contributed by atoms with Crippen LogP contribution in [-0.4, -0.2) is 47.5 Å². The molecule has 2 aliphatic heterocycles. The van der Waals surface area contributed by atoms with Crippen molar-refractivity contribution in [1.82, 2.24) is 9.80 Å². The number of morpholine rings is 1. The summed E-state index contributed by atoms with van der Waals surface area (Å²) in [6.45, 7) is 2.69. The SMILES string of the molecule is O=C1COC2CN(Cc3ccccc3F)CC2N1Cc1ccccc1. The zero-order valence-corrected chi connectivity index (χ0v) is 14.0. The van der Waals surface area contributed by atoms with Crippen LogP contribution in [0.1, 0.15) is 11.1 Å². The molecular weight excluding hydrogens is 319 g/mol. The van der Waals surface area contributed by atoms with Crippen molar-refractivity contribution in [2.24, 2.45) is 0 Å². The summed E-state index contributed by atoms with van der Waals surface area (Å²) >= 11 is 0. The molecule has 5 heteroatoms. The van der Waals surface area contributed by atoms with Gasteiger partial charge in [-0.15, -0.1) is 0 Å². The molecule has 0 radical (unpaired) electrons. The van der Waals surface area contributed by atoms with Gasteiger partial charge < -0.3 is 9.64 Å². The van der Waals surface area contributed by atoms with Gasteiger partial charge in [0.2, 0.25) is 5.91 Å². The molecule has 2 heterocycles. The van der Waals surface area contributed by atoms with Crippen molar-refractivity contribution in [1.29, 1.82) is 0 Å². The predicted molar refractivity (Wildman–Crippen MR) is 92.2 cm³/mol. The van der Waals surface area contributed by atoms with E-state index in [9.17, 15) is 9.18 Å². The van der Waals surface area contributed by atoms with Crippen LogP contribution in [0, 0.1) is 5.82 Å². The van der Waals surface area contributed by atoms with Crippen LogP contribution < -0.4 is 0 Å². The van der Waals surface area contributed by atoms with Gasteiger partial charge in [-0.3, -0.25) is 9.69 Å². The first-order valence-electron chi connectivity index (χ1n) is 8.61. The minimum atomic E-state index is -0.185. The molecule has 1 amide bonds. The van der Waals surface area contributed by atoms with Crippen LogP contribution in [0.4, 0.5) is 4.39 Å². The molecule has 0 saturated carbocycles. The van der Waals surface area contributed by atoms with E-state index in [0.29, 0.717) is 25.2 Å². The number of carbonyl (C=O) groups excluding carboxylic acids is 1. The van der Waals surface area contributed by atoms with E-state index in [0.717, 1.165) is 12.1 Å². The first-order valence-corrected chi connectivity index (χ1v) is 8.61. The van der Waals surface area contributed by atoms with Gasteiger partial charge in [0.15, 0.2) is 0 Å². The molecule has 2 fully saturated rings. The molecular formula is C20H21FN2O2. The maximum atomic E-state index is 13.9. The fourth-order valence-electron chi connectivity index (χ4n) is 3.72. The molecule has 2 saturated heterocycles. The molecule has 2 aromatic carbocycles. The largest absolute Gasteiger partial charge is 0.365 e. The molecule has 0 aromatic heterocycles. The van der Waals surface area contributed by atoms with Crippen molar-refractivity contribution < 1.29 is 13.9 Å². The summed E-state index contributed by atoms with van der Waals surface area (Å²) in [7, 11) is 0. The smallest absolute Gasteiger partial charge is 0.249 e. The topological polar surface area (TPSA) is 32.8 Å². The summed E-state index contributed by atoms with van der Waals surface area (Å²) in [6, 6.07) is 16.9. The average Bonchev–Trinajstić information content (AvgIpc) is 3.03. The van der Waals surface area contributed by atoms with Gasteiger partial charge in [0.1, 0.15) is 12.4 Å². The Balaban J connectivity index is 1.48. The van der Waals surface area contributed by atoms with Crippen LogP contribution >= 0.6 is 0 Å². The highest BCUT2D eigenvalue weighted by molar-refractivity contribution is 5.78. The zero-order chi connectivity index (χ0) is 17.2. The monoisotopic (exact) mass is 340 g/mol. The Hall–Kier alpha value is -2.24. The second kappa shape index (κ2) is 6.94. The van der Waals surface area contributed by atoms with Crippen molar-refractivity contribution in [2.45, 2.75) is 25.2 Å². The third kappa shape index (κ3) is 3.43. The first kappa shape index (κ1) is 16.2. The summed E-state index contributed by atoms with van der Waals surface area (Å²) in [5, 5.41) is 0. The Morgan fingerprint density at radius 2 is 1.76 bits per heavy atom. The van der Waals surface area contributed by atoms with E-state index in [1.165, 1.54) is 6.07 Å². The van der Waals surface area contributed by atoms with Crippen LogP contribution in [0.2, 0.25) is 0 Å². The fourth-order valence-corrected chi connectivity index (χ4v) is 3.72. The number of rotatable bonds is 4. The summed E-state index contributed by atoms with van der Waals surface area (Å²) in [5.74, 6) is -0.159. The minimum absolute atomic E-state index is 0.00631. The number of carbonyl (C=O) groups is 1. The van der Waals surface area contributed by atoms with Gasteiger partial charge in [-0.1, -0.05) is 48.5 Å². The molecule has 0 bridgehead atoms. The lowest BCUT2D eigenvalue weighted by Crippen LogP contribution is -2.53. The predicted octanol–water partition coefficient (Wildman–Crippen LogP) is 2.44. The maximum Gasteiger partial charge on any atom is 0.249 e. The van der Waals surface area contributed by atoms with E-state index in [1.807, 2.05) is 47.4 Å². The molecule has 2 atom stereocenters. The first-order chi connectivity index (χ1) is 12.2. The normalized spacial score (nSPS) is 23.7. The molecule has 4 nitrogen and oxygen atoms in total. The van der Waals surface area contributed by atoms with Crippen molar-refractivity contribution in [2.75, 3.05) is 19.7 Å². The maximum absolute atomic E-state index is 13.9. The van der Waals surface area contributed by atoms with E-state index in [1.54, 1.807) is 6.07 Å². The summed E-state index contributed by atoms with van der Waals surface area (Å²) in [4.78, 5) is 16.5. The Bertz CT molecular complexity index is 752. The number of fused-ring (bicyclic) bond motifs is 1. The lowest BCUT2D eigenvalue weighted by atomic mass is 10.1. The molecule has 0 spiro atoms. The van der Waals surface area contributed by atoms with Gasteiger partial charge in [-0.25, -0.2) is 4.39 Å². The average molecular weight is 340 g/mol. The van der Waals surface area contributed by atoms with E-state index in [-0.39, 0.29) is 30.5 Å². The molecule has 2 aromatic rings. The third-order valence-electron chi connectivity index (χ3n) is 5.00. The van der Waals surface area contributed by atoms with E-state index in [2.05, 4.69) is 4.90 Å². The molecule has 0 N–H and O–H groups in total. The standard InChI is InChI=1S/C20H21FN2O2/c21-17-9-5-4-8-16(17)11-22-12-18-19(13-22)25-14-20(24)23(18)10-15-6-2-1-3-7-15/h1-9,18-19H,10-14H2. The van der Waals surface area contributed by atoms with Gasteiger partial charge in [-0.2, -0.15) is 0 Å². The lowest BCUT2D eigenvalue weighted by molar-refractivity contribution is -0.153. The number of benzene rings is 2. The van der Waals surface area contributed by atoms with E-state index in [4.69, 9.17) is 4.74 Å². The van der Waals surface area contributed by atoms with Crippen LogP contribution in [0.15, 0.2) is 54.6 Å². The Labute approximate surface area is 146 Å². The van der Waals surface area contributed by atoms with E-state index < -0.39 is 0 Å². The molecule has 4 rings (SSSR count). The number of likely N-dealkylation sites (tertiary alicyclic amines) is 1. The summed E-state index contributed by atoms with van der Waals surface area (Å²) in [6.07, 6.45) is -0.00631. The minimum Gasteiger partial charge on any atom is -0.365 e. The number of halogens is 1. The van der Waals surface area contributed by atoms with Crippen molar-refractivity contribution >= 4 is 5.91 Å².